The smallest absolute Gasteiger partial charge is 0.200 e. The SMILES string of the molecule is COc1cccc(C(=O)COc2cccc(Br)c2)c1. The Balaban J connectivity index is 2.01. The fourth-order valence-electron chi connectivity index (χ4n) is 1.59. The maximum Gasteiger partial charge on any atom is 0.200 e. The molecule has 0 aliphatic carbocycles. The molecule has 0 radical (unpaired) electrons. The average molecular weight is 321 g/mol. The molecule has 98 valence electrons. The van der Waals surface area contributed by atoms with E-state index in [4.69, 9.17) is 9.47 Å². The van der Waals surface area contributed by atoms with Crippen molar-refractivity contribution < 1.29 is 14.3 Å². The van der Waals surface area contributed by atoms with E-state index in [-0.39, 0.29) is 12.4 Å². The molecule has 0 bridgehead atoms. The van der Waals surface area contributed by atoms with E-state index in [9.17, 15) is 4.79 Å². The molecule has 0 heterocycles. The summed E-state index contributed by atoms with van der Waals surface area (Å²) in [6.45, 7) is 0.00359. The largest absolute Gasteiger partial charge is 0.497 e. The Morgan fingerprint density at radius 3 is 2.58 bits per heavy atom. The van der Waals surface area contributed by atoms with E-state index < -0.39 is 0 Å². The number of Topliss-reactive ketones (excluding diaryl/α,β-unsaturated/α-hetero) is 1. The van der Waals surface area contributed by atoms with Gasteiger partial charge in [0.05, 0.1) is 7.11 Å². The highest BCUT2D eigenvalue weighted by Crippen LogP contribution is 2.18. The lowest BCUT2D eigenvalue weighted by Crippen LogP contribution is -2.11. The van der Waals surface area contributed by atoms with Crippen LogP contribution in [-0.2, 0) is 0 Å². The van der Waals surface area contributed by atoms with Crippen LogP contribution in [0, 0.1) is 0 Å². The van der Waals surface area contributed by atoms with Gasteiger partial charge in [0.25, 0.3) is 0 Å². The number of ether oxygens (including phenoxy) is 2. The second kappa shape index (κ2) is 6.38. The molecule has 2 rings (SSSR count). The minimum atomic E-state index is -0.0844. The van der Waals surface area contributed by atoms with Crippen molar-refractivity contribution in [3.05, 3.63) is 58.6 Å². The molecule has 0 saturated heterocycles. The number of hydrogen-bond acceptors (Lipinski definition) is 3. The lowest BCUT2D eigenvalue weighted by Gasteiger charge is -2.07. The van der Waals surface area contributed by atoms with Gasteiger partial charge in [0, 0.05) is 10.0 Å². The fraction of sp³-hybridized carbons (Fsp3) is 0.133. The van der Waals surface area contributed by atoms with Gasteiger partial charge in [0.15, 0.2) is 12.4 Å². The van der Waals surface area contributed by atoms with Crippen molar-refractivity contribution >= 4 is 21.7 Å². The van der Waals surface area contributed by atoms with Gasteiger partial charge in [-0.1, -0.05) is 34.1 Å². The first-order valence-corrected chi connectivity index (χ1v) is 6.54. The lowest BCUT2D eigenvalue weighted by molar-refractivity contribution is 0.0921. The molecular weight excluding hydrogens is 308 g/mol. The van der Waals surface area contributed by atoms with E-state index in [1.54, 1.807) is 31.4 Å². The summed E-state index contributed by atoms with van der Waals surface area (Å²) in [5.41, 5.74) is 0.578. The van der Waals surface area contributed by atoms with Crippen molar-refractivity contribution in [3.63, 3.8) is 0 Å². The first-order valence-electron chi connectivity index (χ1n) is 5.74. The first-order chi connectivity index (χ1) is 9.19. The van der Waals surface area contributed by atoms with Crippen LogP contribution >= 0.6 is 15.9 Å². The third kappa shape index (κ3) is 3.83. The first kappa shape index (κ1) is 13.6. The summed E-state index contributed by atoms with van der Waals surface area (Å²) in [6, 6.07) is 14.4. The molecular formula is C15H13BrO3. The molecule has 3 nitrogen and oxygen atoms in total. The van der Waals surface area contributed by atoms with E-state index in [1.807, 2.05) is 24.3 Å². The third-order valence-electron chi connectivity index (χ3n) is 2.56. The van der Waals surface area contributed by atoms with Crippen molar-refractivity contribution in [1.29, 1.82) is 0 Å². The van der Waals surface area contributed by atoms with Crippen LogP contribution in [0.15, 0.2) is 53.0 Å². The van der Waals surface area contributed by atoms with Crippen molar-refractivity contribution in [2.24, 2.45) is 0 Å². The molecule has 0 aliphatic heterocycles. The summed E-state index contributed by atoms with van der Waals surface area (Å²) >= 11 is 3.35. The van der Waals surface area contributed by atoms with Crippen molar-refractivity contribution in [1.82, 2.24) is 0 Å². The van der Waals surface area contributed by atoms with Crippen LogP contribution in [0.5, 0.6) is 11.5 Å². The molecule has 0 saturated carbocycles. The van der Waals surface area contributed by atoms with Crippen LogP contribution in [0.4, 0.5) is 0 Å². The zero-order chi connectivity index (χ0) is 13.7. The highest BCUT2D eigenvalue weighted by atomic mass is 79.9. The van der Waals surface area contributed by atoms with Crippen LogP contribution in [-0.4, -0.2) is 19.5 Å². The molecule has 0 unspecified atom stereocenters. The summed E-state index contributed by atoms with van der Waals surface area (Å²) < 4.78 is 11.5. The molecule has 0 aromatic heterocycles. The van der Waals surface area contributed by atoms with E-state index >= 15 is 0 Å². The zero-order valence-corrected chi connectivity index (χ0v) is 12.0. The van der Waals surface area contributed by atoms with E-state index in [0.29, 0.717) is 17.1 Å². The number of halogens is 1. The molecule has 2 aromatic carbocycles. The quantitative estimate of drug-likeness (QED) is 0.788. The third-order valence-corrected chi connectivity index (χ3v) is 3.05. The van der Waals surface area contributed by atoms with Gasteiger partial charge in [-0.3, -0.25) is 4.79 Å². The van der Waals surface area contributed by atoms with Crippen molar-refractivity contribution in [2.75, 3.05) is 13.7 Å². The Hall–Kier alpha value is -1.81. The maximum absolute atomic E-state index is 12.0. The lowest BCUT2D eigenvalue weighted by atomic mass is 10.1. The normalized spacial score (nSPS) is 10.0. The average Bonchev–Trinajstić information content (AvgIpc) is 2.45. The van der Waals surface area contributed by atoms with Gasteiger partial charge >= 0.3 is 0 Å². The minimum absolute atomic E-state index is 0.00359. The van der Waals surface area contributed by atoms with E-state index in [2.05, 4.69) is 15.9 Å². The molecule has 0 aliphatic rings. The number of rotatable bonds is 5. The molecule has 2 aromatic rings. The number of carbonyl (C=O) groups is 1. The highest BCUT2D eigenvalue weighted by Gasteiger charge is 2.08. The van der Waals surface area contributed by atoms with Gasteiger partial charge in [-0.25, -0.2) is 0 Å². The number of methoxy groups -OCH3 is 1. The molecule has 0 atom stereocenters. The topological polar surface area (TPSA) is 35.5 Å². The van der Waals surface area contributed by atoms with Gasteiger partial charge in [-0.2, -0.15) is 0 Å². The Morgan fingerprint density at radius 1 is 1.11 bits per heavy atom. The molecule has 0 N–H and O–H groups in total. The molecule has 0 amide bonds. The van der Waals surface area contributed by atoms with E-state index in [0.717, 1.165) is 4.47 Å². The van der Waals surface area contributed by atoms with Crippen LogP contribution in [0.3, 0.4) is 0 Å². The number of benzene rings is 2. The van der Waals surface area contributed by atoms with E-state index in [1.165, 1.54) is 0 Å². The molecule has 19 heavy (non-hydrogen) atoms. The fourth-order valence-corrected chi connectivity index (χ4v) is 1.96. The molecule has 0 fully saturated rings. The number of hydrogen-bond donors (Lipinski definition) is 0. The summed E-state index contributed by atoms with van der Waals surface area (Å²) in [4.78, 5) is 12.0. The van der Waals surface area contributed by atoms with Gasteiger partial charge < -0.3 is 9.47 Å². The summed E-state index contributed by atoms with van der Waals surface area (Å²) in [5, 5.41) is 0. The van der Waals surface area contributed by atoms with Crippen LogP contribution in [0.25, 0.3) is 0 Å². The number of ketones is 1. The zero-order valence-electron chi connectivity index (χ0n) is 10.4. The Morgan fingerprint density at radius 2 is 1.84 bits per heavy atom. The highest BCUT2D eigenvalue weighted by molar-refractivity contribution is 9.10. The number of carbonyl (C=O) groups excluding carboxylic acids is 1. The standard InChI is InChI=1S/C15H13BrO3/c1-18-13-6-2-4-11(8-13)15(17)10-19-14-7-3-5-12(16)9-14/h2-9H,10H2,1H3. The van der Waals surface area contributed by atoms with Crippen LogP contribution < -0.4 is 9.47 Å². The predicted octanol–water partition coefficient (Wildman–Crippen LogP) is 3.72. The van der Waals surface area contributed by atoms with Gasteiger partial charge in [-0.05, 0) is 30.3 Å². The summed E-state index contributed by atoms with van der Waals surface area (Å²) in [6.07, 6.45) is 0. The second-order valence-corrected chi connectivity index (χ2v) is 4.82. The monoisotopic (exact) mass is 320 g/mol. The van der Waals surface area contributed by atoms with Crippen molar-refractivity contribution in [2.45, 2.75) is 0 Å². The summed E-state index contributed by atoms with van der Waals surface area (Å²) in [7, 11) is 1.57. The Kier molecular flexibility index (Phi) is 4.58. The van der Waals surface area contributed by atoms with Gasteiger partial charge in [-0.15, -0.1) is 0 Å². The molecule has 0 spiro atoms. The predicted molar refractivity (Wildman–Crippen MR) is 77.0 cm³/mol. The minimum Gasteiger partial charge on any atom is -0.497 e. The Bertz CT molecular complexity index is 581. The summed E-state index contributed by atoms with van der Waals surface area (Å²) in [5.74, 6) is 1.23. The van der Waals surface area contributed by atoms with Crippen molar-refractivity contribution in [3.8, 4) is 11.5 Å². The Labute approximate surface area is 120 Å². The maximum atomic E-state index is 12.0. The van der Waals surface area contributed by atoms with Gasteiger partial charge in [0.1, 0.15) is 11.5 Å². The van der Waals surface area contributed by atoms with Gasteiger partial charge in [0.2, 0.25) is 0 Å². The second-order valence-electron chi connectivity index (χ2n) is 3.90. The molecule has 4 heteroatoms. The van der Waals surface area contributed by atoms with Crippen LogP contribution in [0.1, 0.15) is 10.4 Å². The van der Waals surface area contributed by atoms with Crippen LogP contribution in [0.2, 0.25) is 0 Å².